The lowest BCUT2D eigenvalue weighted by Gasteiger charge is -2.11. The van der Waals surface area contributed by atoms with Gasteiger partial charge in [0.2, 0.25) is 5.95 Å². The van der Waals surface area contributed by atoms with E-state index in [1.54, 1.807) is 4.57 Å². The van der Waals surface area contributed by atoms with Crippen LogP contribution in [0.2, 0.25) is 0 Å². The number of aromatic nitrogens is 5. The largest absolute Gasteiger partial charge is 0.309 e. The Balaban J connectivity index is 1.38. The maximum absolute atomic E-state index is 9.35. The minimum Gasteiger partial charge on any atom is -0.309 e. The zero-order valence-electron chi connectivity index (χ0n) is 32.5. The molecule has 3 aromatic heterocycles. The van der Waals surface area contributed by atoms with Crippen LogP contribution in [0.1, 0.15) is 8.22 Å². The van der Waals surface area contributed by atoms with Crippen LogP contribution in [-0.2, 0) is 0 Å². The molecule has 3 heterocycles. The first-order valence-electron chi connectivity index (χ1n) is 19.3. The molecule has 0 radical (unpaired) electrons. The predicted octanol–water partition coefficient (Wildman–Crippen LogP) is 11.1. The first-order chi connectivity index (χ1) is 27.3. The topological polar surface area (TPSA) is 48.5 Å². The van der Waals surface area contributed by atoms with Crippen molar-refractivity contribution >= 4 is 43.6 Å². The predicted molar refractivity (Wildman–Crippen MR) is 205 cm³/mol. The number of benzene rings is 7. The molecule has 0 aliphatic rings. The molecule has 0 N–H and O–H groups in total. The minimum absolute atomic E-state index is 0.000966. The molecular formula is C45H29N5. The SMILES string of the molecule is [2H]c1cc([2H])c2c(c1[2H])c1c3c4c([2H])c([2H])cc([2H])c4n(-c4nc(-c5ccccc5)nc(-c5ccccc5)n4)c3ccc1n2-c1cccc(-c2ccccc2)c1. The monoisotopic (exact) mass is 645 g/mol. The molecule has 0 saturated heterocycles. The van der Waals surface area contributed by atoms with Gasteiger partial charge >= 0.3 is 0 Å². The van der Waals surface area contributed by atoms with E-state index < -0.39 is 0 Å². The average molecular weight is 646 g/mol. The van der Waals surface area contributed by atoms with Gasteiger partial charge in [0.25, 0.3) is 0 Å². The Kier molecular flexibility index (Phi) is 5.17. The second-order valence-corrected chi connectivity index (χ2v) is 12.0. The van der Waals surface area contributed by atoms with Crippen molar-refractivity contribution in [3.8, 4) is 45.5 Å². The van der Waals surface area contributed by atoms with Crippen molar-refractivity contribution in [3.05, 3.63) is 176 Å². The summed E-state index contributed by atoms with van der Waals surface area (Å²) in [4.78, 5) is 14.8. The van der Waals surface area contributed by atoms with Gasteiger partial charge in [-0.15, -0.1) is 0 Å². The van der Waals surface area contributed by atoms with E-state index in [0.717, 1.165) is 27.9 Å². The molecule has 10 aromatic rings. The fourth-order valence-corrected chi connectivity index (χ4v) is 6.93. The highest BCUT2D eigenvalue weighted by Gasteiger charge is 2.22. The zero-order chi connectivity index (χ0) is 38.2. The molecule has 10 rings (SSSR count). The average Bonchev–Trinajstić information content (AvgIpc) is 3.78. The third-order valence-corrected chi connectivity index (χ3v) is 9.12. The molecule has 7 aromatic carbocycles. The van der Waals surface area contributed by atoms with E-state index in [1.165, 1.54) is 12.1 Å². The molecule has 0 saturated carbocycles. The Morgan fingerprint density at radius 3 is 1.48 bits per heavy atom. The molecule has 234 valence electrons. The molecular weight excluding hydrogens is 611 g/mol. The molecule has 50 heavy (non-hydrogen) atoms. The molecule has 0 fully saturated rings. The summed E-state index contributed by atoms with van der Waals surface area (Å²) < 4.78 is 58.4. The summed E-state index contributed by atoms with van der Waals surface area (Å²) in [5.41, 5.74) is 6.24. The van der Waals surface area contributed by atoms with Gasteiger partial charge in [-0.25, -0.2) is 4.98 Å². The second-order valence-electron chi connectivity index (χ2n) is 12.0. The molecule has 0 aliphatic carbocycles. The van der Waals surface area contributed by atoms with Gasteiger partial charge < -0.3 is 4.57 Å². The zero-order valence-corrected chi connectivity index (χ0v) is 26.5. The summed E-state index contributed by atoms with van der Waals surface area (Å²) in [7, 11) is 0. The Morgan fingerprint density at radius 2 is 0.900 bits per heavy atom. The minimum atomic E-state index is -0.128. The van der Waals surface area contributed by atoms with Gasteiger partial charge in [-0.2, -0.15) is 9.97 Å². The number of rotatable bonds is 5. The summed E-state index contributed by atoms with van der Waals surface area (Å²) in [5, 5.41) is 1.75. The highest BCUT2D eigenvalue weighted by Crippen LogP contribution is 2.42. The molecule has 0 amide bonds. The van der Waals surface area contributed by atoms with Gasteiger partial charge in [0, 0.05) is 38.4 Å². The van der Waals surface area contributed by atoms with E-state index >= 15 is 0 Å². The molecule has 0 bridgehead atoms. The van der Waals surface area contributed by atoms with Crippen molar-refractivity contribution < 1.29 is 8.22 Å². The number of para-hydroxylation sites is 2. The van der Waals surface area contributed by atoms with Crippen molar-refractivity contribution in [1.82, 2.24) is 24.1 Å². The van der Waals surface area contributed by atoms with Crippen molar-refractivity contribution in [2.45, 2.75) is 0 Å². The maximum atomic E-state index is 9.35. The van der Waals surface area contributed by atoms with Crippen LogP contribution < -0.4 is 0 Å². The second kappa shape index (κ2) is 11.4. The van der Waals surface area contributed by atoms with E-state index in [-0.39, 0.29) is 42.2 Å². The van der Waals surface area contributed by atoms with Crippen molar-refractivity contribution in [2.24, 2.45) is 0 Å². The summed E-state index contributed by atoms with van der Waals surface area (Å²) in [6.45, 7) is 0. The third-order valence-electron chi connectivity index (χ3n) is 9.12. The van der Waals surface area contributed by atoms with E-state index in [4.69, 9.17) is 17.7 Å². The van der Waals surface area contributed by atoms with E-state index in [2.05, 4.69) is 0 Å². The van der Waals surface area contributed by atoms with E-state index in [0.29, 0.717) is 55.3 Å². The Morgan fingerprint density at radius 1 is 0.400 bits per heavy atom. The fraction of sp³-hybridized carbons (Fsp3) is 0. The van der Waals surface area contributed by atoms with Crippen LogP contribution in [0, 0.1) is 0 Å². The summed E-state index contributed by atoms with van der Waals surface area (Å²) in [5.74, 6) is 1.05. The maximum Gasteiger partial charge on any atom is 0.238 e. The lowest BCUT2D eigenvalue weighted by molar-refractivity contribution is 0.953. The summed E-state index contributed by atoms with van der Waals surface area (Å²) in [6, 6.07) is 43.4. The number of hydrogen-bond acceptors (Lipinski definition) is 3. The van der Waals surface area contributed by atoms with Crippen LogP contribution in [0.3, 0.4) is 0 Å². The lowest BCUT2D eigenvalue weighted by Crippen LogP contribution is -2.06. The van der Waals surface area contributed by atoms with Crippen LogP contribution in [-0.4, -0.2) is 24.1 Å². The van der Waals surface area contributed by atoms with Gasteiger partial charge in [0.1, 0.15) is 0 Å². The van der Waals surface area contributed by atoms with Crippen molar-refractivity contribution in [1.29, 1.82) is 0 Å². The Bertz CT molecular complexity index is 3140. The van der Waals surface area contributed by atoms with Crippen LogP contribution in [0.4, 0.5) is 0 Å². The van der Waals surface area contributed by atoms with Crippen LogP contribution in [0.25, 0.3) is 89.2 Å². The fourth-order valence-electron chi connectivity index (χ4n) is 6.93. The smallest absolute Gasteiger partial charge is 0.238 e. The van der Waals surface area contributed by atoms with Crippen molar-refractivity contribution in [2.75, 3.05) is 0 Å². The molecule has 5 heteroatoms. The third kappa shape index (κ3) is 4.45. The van der Waals surface area contributed by atoms with Gasteiger partial charge in [0.15, 0.2) is 11.6 Å². The number of fused-ring (bicyclic) bond motifs is 7. The molecule has 0 unspecified atom stereocenters. The molecule has 0 atom stereocenters. The molecule has 0 aliphatic heterocycles. The highest BCUT2D eigenvalue weighted by molar-refractivity contribution is 6.28. The summed E-state index contributed by atoms with van der Waals surface area (Å²) >= 11 is 0. The Hall–Kier alpha value is -6.85. The highest BCUT2D eigenvalue weighted by atomic mass is 15.2. The van der Waals surface area contributed by atoms with Crippen molar-refractivity contribution in [3.63, 3.8) is 0 Å². The number of nitrogens with zero attached hydrogens (tertiary/aromatic N) is 5. The normalized spacial score (nSPS) is 13.3. The van der Waals surface area contributed by atoms with Crippen LogP contribution >= 0.6 is 0 Å². The van der Waals surface area contributed by atoms with Gasteiger partial charge in [-0.05, 0) is 47.5 Å². The van der Waals surface area contributed by atoms with E-state index in [9.17, 15) is 5.48 Å². The van der Waals surface area contributed by atoms with Gasteiger partial charge in [-0.3, -0.25) is 4.57 Å². The number of hydrogen-bond donors (Lipinski definition) is 0. The first kappa shape index (κ1) is 22.7. The molecule has 5 nitrogen and oxygen atoms in total. The Labute approximate surface area is 296 Å². The summed E-state index contributed by atoms with van der Waals surface area (Å²) in [6.07, 6.45) is 0. The van der Waals surface area contributed by atoms with Crippen LogP contribution in [0.5, 0.6) is 0 Å². The van der Waals surface area contributed by atoms with Gasteiger partial charge in [0.05, 0.1) is 30.3 Å². The standard InChI is InChI=1S/C45H29N5/c1-4-15-30(16-5-1)33-21-14-22-34(29-33)49-37-25-12-10-23-35(37)41-39(49)27-28-40-42(41)36-24-11-13-26-38(36)50(40)45-47-43(31-17-6-2-7-18-31)46-44(48-45)32-19-8-3-9-20-32/h1-29H/i10D,11D,23D,24D,25D,26D. The quantitative estimate of drug-likeness (QED) is 0.187. The lowest BCUT2D eigenvalue weighted by atomic mass is 10.0. The van der Waals surface area contributed by atoms with E-state index in [1.807, 2.05) is 132 Å². The van der Waals surface area contributed by atoms with Crippen LogP contribution in [0.15, 0.2) is 176 Å². The van der Waals surface area contributed by atoms with Gasteiger partial charge in [-0.1, -0.05) is 139 Å². The first-order valence-corrected chi connectivity index (χ1v) is 16.3. The molecule has 0 spiro atoms.